The molecule has 0 spiro atoms. The Labute approximate surface area is 306 Å². The normalized spacial score (nSPS) is 21.1. The molecule has 3 nitrogen and oxygen atoms in total. The number of hydrogen-bond donors (Lipinski definition) is 0. The lowest BCUT2D eigenvalue weighted by molar-refractivity contribution is -0.184. The van der Waals surface area contributed by atoms with E-state index in [0.717, 1.165) is 38.5 Å². The topological polar surface area (TPSA) is 21.7 Å². The van der Waals surface area contributed by atoms with Crippen LogP contribution in [0.3, 0.4) is 0 Å². The summed E-state index contributed by atoms with van der Waals surface area (Å²) in [6, 6.07) is 0.407. The second-order valence-corrected chi connectivity index (χ2v) is 15.4. The van der Waals surface area contributed by atoms with E-state index in [1.807, 2.05) is 0 Å². The lowest BCUT2D eigenvalue weighted by Crippen LogP contribution is -2.42. The van der Waals surface area contributed by atoms with Crippen molar-refractivity contribution in [3.63, 3.8) is 0 Å². The van der Waals surface area contributed by atoms with Gasteiger partial charge < -0.3 is 14.4 Å². The zero-order chi connectivity index (χ0) is 35.3. The highest BCUT2D eigenvalue weighted by atomic mass is 16.8. The van der Waals surface area contributed by atoms with Crippen molar-refractivity contribution >= 4 is 0 Å². The molecule has 1 aliphatic carbocycles. The first kappa shape index (κ1) is 43.7. The highest BCUT2D eigenvalue weighted by Crippen LogP contribution is 2.45. The van der Waals surface area contributed by atoms with Gasteiger partial charge in [0.05, 0.1) is 6.10 Å². The van der Waals surface area contributed by atoms with Gasteiger partial charge in [-0.2, -0.15) is 0 Å². The van der Waals surface area contributed by atoms with Crippen molar-refractivity contribution in [2.24, 2.45) is 0 Å². The fourth-order valence-electron chi connectivity index (χ4n) is 7.61. The third-order valence-corrected chi connectivity index (χ3v) is 10.7. The lowest BCUT2D eigenvalue weighted by atomic mass is 9.86. The van der Waals surface area contributed by atoms with Crippen molar-refractivity contribution in [1.82, 2.24) is 4.90 Å². The van der Waals surface area contributed by atoms with Crippen LogP contribution in [0.4, 0.5) is 0 Å². The maximum Gasteiger partial charge on any atom is 0.169 e. The standard InChI is InChI=1S/C46H81NO2/c1-6-8-10-12-14-16-18-20-22-24-26-28-30-32-34-36-40-46(48-44-39-38-43(47(4)5)42(3)45(44)49-46)41-37-35-33-31-29-27-25-23-21-19-17-15-13-11-9-7-2/h14-17,20-23,43-45H,3,6-13,18-19,24-41H2,1-2,4-5H3/b16-14-,17-15-,22-20-,23-21-/t43-,44-,45+/m1/s1. The number of allylic oxidation sites excluding steroid dienone is 8. The molecular formula is C46H81NO2. The van der Waals surface area contributed by atoms with E-state index < -0.39 is 5.79 Å². The molecule has 3 atom stereocenters. The Balaban J connectivity index is 1.63. The molecule has 2 aliphatic rings. The molecule has 1 saturated carbocycles. The summed E-state index contributed by atoms with van der Waals surface area (Å²) in [5.41, 5.74) is 1.23. The van der Waals surface area contributed by atoms with E-state index >= 15 is 0 Å². The maximum absolute atomic E-state index is 6.92. The van der Waals surface area contributed by atoms with Crippen molar-refractivity contribution in [3.05, 3.63) is 60.8 Å². The fraction of sp³-hybridized carbons (Fsp3) is 0.783. The number of nitrogens with zero attached hydrogens (tertiary/aromatic N) is 1. The van der Waals surface area contributed by atoms with Crippen LogP contribution < -0.4 is 0 Å². The van der Waals surface area contributed by atoms with Crippen LogP contribution in [0, 0.1) is 0 Å². The van der Waals surface area contributed by atoms with Gasteiger partial charge in [0.25, 0.3) is 0 Å². The summed E-state index contributed by atoms with van der Waals surface area (Å²) >= 11 is 0. The predicted molar refractivity (Wildman–Crippen MR) is 216 cm³/mol. The van der Waals surface area contributed by atoms with Crippen LogP contribution in [-0.2, 0) is 9.47 Å². The van der Waals surface area contributed by atoms with Crippen LogP contribution in [0.2, 0.25) is 0 Å². The molecule has 282 valence electrons. The number of fused-ring (bicyclic) bond motifs is 1. The third kappa shape index (κ3) is 20.3. The van der Waals surface area contributed by atoms with Gasteiger partial charge in [0.2, 0.25) is 0 Å². The number of likely N-dealkylation sites (N-methyl/N-ethyl adjacent to an activating group) is 1. The van der Waals surface area contributed by atoms with Crippen molar-refractivity contribution in [2.45, 2.75) is 218 Å². The van der Waals surface area contributed by atoms with Gasteiger partial charge in [-0.3, -0.25) is 0 Å². The summed E-state index contributed by atoms with van der Waals surface area (Å²) in [7, 11) is 4.35. The van der Waals surface area contributed by atoms with Gasteiger partial charge in [-0.05, 0) is 110 Å². The maximum atomic E-state index is 6.92. The average molecular weight is 680 g/mol. The molecule has 0 amide bonds. The molecule has 1 aliphatic heterocycles. The molecule has 0 aromatic carbocycles. The molecule has 49 heavy (non-hydrogen) atoms. The van der Waals surface area contributed by atoms with Crippen LogP contribution >= 0.6 is 0 Å². The van der Waals surface area contributed by atoms with Crippen LogP contribution in [-0.4, -0.2) is 43.0 Å². The molecule has 0 aromatic heterocycles. The largest absolute Gasteiger partial charge is 0.344 e. The first-order valence-corrected chi connectivity index (χ1v) is 21.3. The van der Waals surface area contributed by atoms with Crippen molar-refractivity contribution in [3.8, 4) is 0 Å². The van der Waals surface area contributed by atoms with Crippen LogP contribution in [0.25, 0.3) is 0 Å². The van der Waals surface area contributed by atoms with Gasteiger partial charge in [0.1, 0.15) is 6.10 Å². The predicted octanol–water partition coefficient (Wildman–Crippen LogP) is 14.2. The average Bonchev–Trinajstić information content (AvgIpc) is 3.47. The van der Waals surface area contributed by atoms with Crippen LogP contribution in [0.1, 0.15) is 194 Å². The Morgan fingerprint density at radius 1 is 0.551 bits per heavy atom. The second-order valence-electron chi connectivity index (χ2n) is 15.4. The Morgan fingerprint density at radius 2 is 0.959 bits per heavy atom. The lowest BCUT2D eigenvalue weighted by Gasteiger charge is -2.35. The van der Waals surface area contributed by atoms with E-state index in [1.165, 1.54) is 147 Å². The van der Waals surface area contributed by atoms with Gasteiger partial charge in [0, 0.05) is 18.9 Å². The molecule has 2 rings (SSSR count). The Bertz CT molecular complexity index is 866. The fourth-order valence-corrected chi connectivity index (χ4v) is 7.61. The van der Waals surface area contributed by atoms with E-state index in [4.69, 9.17) is 9.47 Å². The summed E-state index contributed by atoms with van der Waals surface area (Å²) in [6.07, 6.45) is 54.2. The smallest absolute Gasteiger partial charge is 0.169 e. The molecule has 0 radical (unpaired) electrons. The Hall–Kier alpha value is -1.42. The van der Waals surface area contributed by atoms with E-state index in [0.29, 0.717) is 6.04 Å². The number of ether oxygens (including phenoxy) is 2. The molecule has 0 aromatic rings. The number of rotatable bonds is 31. The summed E-state index contributed by atoms with van der Waals surface area (Å²) in [4.78, 5) is 2.31. The van der Waals surface area contributed by atoms with Crippen molar-refractivity contribution < 1.29 is 9.47 Å². The summed E-state index contributed by atoms with van der Waals surface area (Å²) in [5, 5.41) is 0. The first-order valence-electron chi connectivity index (χ1n) is 21.3. The Morgan fingerprint density at radius 3 is 1.39 bits per heavy atom. The Kier molecular flexibility index (Phi) is 26.1. The molecule has 0 bridgehead atoms. The molecule has 1 heterocycles. The zero-order valence-corrected chi connectivity index (χ0v) is 33.1. The zero-order valence-electron chi connectivity index (χ0n) is 33.1. The van der Waals surface area contributed by atoms with E-state index in [9.17, 15) is 0 Å². The van der Waals surface area contributed by atoms with Crippen molar-refractivity contribution in [1.29, 1.82) is 0 Å². The second kappa shape index (κ2) is 29.2. The van der Waals surface area contributed by atoms with Gasteiger partial charge in [-0.15, -0.1) is 0 Å². The van der Waals surface area contributed by atoms with E-state index in [-0.39, 0.29) is 12.2 Å². The van der Waals surface area contributed by atoms with Crippen LogP contribution in [0.15, 0.2) is 60.8 Å². The van der Waals surface area contributed by atoms with Gasteiger partial charge in [-0.25, -0.2) is 0 Å². The molecular weight excluding hydrogens is 599 g/mol. The highest BCUT2D eigenvalue weighted by Gasteiger charge is 2.50. The first-order chi connectivity index (χ1) is 24.0. The molecule has 2 fully saturated rings. The van der Waals surface area contributed by atoms with Crippen LogP contribution in [0.5, 0.6) is 0 Å². The van der Waals surface area contributed by atoms with Gasteiger partial charge >= 0.3 is 0 Å². The molecule has 0 unspecified atom stereocenters. The van der Waals surface area contributed by atoms with Gasteiger partial charge in [-0.1, -0.05) is 146 Å². The third-order valence-electron chi connectivity index (χ3n) is 10.7. The molecule has 1 saturated heterocycles. The summed E-state index contributed by atoms with van der Waals surface area (Å²) < 4.78 is 13.8. The minimum absolute atomic E-state index is 0.0651. The highest BCUT2D eigenvalue weighted by molar-refractivity contribution is 5.19. The number of hydrogen-bond acceptors (Lipinski definition) is 3. The minimum Gasteiger partial charge on any atom is -0.344 e. The molecule has 0 N–H and O–H groups in total. The summed E-state index contributed by atoms with van der Waals surface area (Å²) in [5.74, 6) is -0.399. The minimum atomic E-state index is -0.399. The van der Waals surface area contributed by atoms with E-state index in [2.05, 4.69) is 88.0 Å². The monoisotopic (exact) mass is 680 g/mol. The van der Waals surface area contributed by atoms with Crippen molar-refractivity contribution in [2.75, 3.05) is 14.1 Å². The van der Waals surface area contributed by atoms with E-state index in [1.54, 1.807) is 0 Å². The molecule has 3 heteroatoms. The SMILES string of the molecule is C=C1[C@H](N(C)C)CC[C@H]2OC(CCCCCCCC/C=C\C/C=C\CCCCC)(CCCCCCCC/C=C\C/C=C\CCCCC)O[C@@H]12. The van der Waals surface area contributed by atoms with Gasteiger partial charge in [0.15, 0.2) is 5.79 Å². The summed E-state index contributed by atoms with van der Waals surface area (Å²) in [6.45, 7) is 9.06. The number of unbranched alkanes of at least 4 members (excludes halogenated alkanes) is 18. The quantitative estimate of drug-likeness (QED) is 0.0538.